The van der Waals surface area contributed by atoms with Crippen LogP contribution in [0.15, 0.2) is 11.4 Å². The minimum Gasteiger partial charge on any atom is -0.311 e. The van der Waals surface area contributed by atoms with Crippen LogP contribution in [0.1, 0.15) is 24.6 Å². The van der Waals surface area contributed by atoms with Crippen molar-refractivity contribution in [2.45, 2.75) is 32.4 Å². The molecule has 1 aromatic rings. The summed E-state index contributed by atoms with van der Waals surface area (Å²) < 4.78 is 0. The van der Waals surface area contributed by atoms with Gasteiger partial charge >= 0.3 is 0 Å². The van der Waals surface area contributed by atoms with E-state index in [1.54, 1.807) is 11.3 Å². The monoisotopic (exact) mass is 258 g/mol. The first-order chi connectivity index (χ1) is 7.79. The molecule has 1 saturated carbocycles. The van der Waals surface area contributed by atoms with Crippen molar-refractivity contribution in [3.05, 3.63) is 21.3 Å². The van der Waals surface area contributed by atoms with E-state index in [1.165, 1.54) is 30.8 Å². The summed E-state index contributed by atoms with van der Waals surface area (Å²) >= 11 is 7.60. The predicted octanol–water partition coefficient (Wildman–Crippen LogP) is 2.98. The maximum absolute atomic E-state index is 5.87. The molecule has 1 N–H and O–H groups in total. The summed E-state index contributed by atoms with van der Waals surface area (Å²) in [4.78, 5) is 3.88. The lowest BCUT2D eigenvalue weighted by Gasteiger charge is -2.19. The van der Waals surface area contributed by atoms with Gasteiger partial charge in [-0.15, -0.1) is 11.3 Å². The first-order valence-electron chi connectivity index (χ1n) is 5.97. The van der Waals surface area contributed by atoms with Crippen molar-refractivity contribution in [2.75, 3.05) is 19.6 Å². The third-order valence-corrected chi connectivity index (χ3v) is 4.25. The van der Waals surface area contributed by atoms with Crippen molar-refractivity contribution >= 4 is 22.9 Å². The molecule has 2 rings (SSSR count). The van der Waals surface area contributed by atoms with Crippen LogP contribution in [0.3, 0.4) is 0 Å². The van der Waals surface area contributed by atoms with Crippen molar-refractivity contribution in [3.8, 4) is 0 Å². The average molecular weight is 259 g/mol. The molecule has 16 heavy (non-hydrogen) atoms. The molecule has 1 heterocycles. The maximum atomic E-state index is 5.87. The van der Waals surface area contributed by atoms with E-state index in [1.807, 2.05) is 11.4 Å². The Bertz CT molecular complexity index is 323. The number of thiophene rings is 1. The summed E-state index contributed by atoms with van der Waals surface area (Å²) in [6.07, 6.45) is 2.79. The first kappa shape index (κ1) is 12.4. The molecule has 0 aliphatic heterocycles. The second-order valence-corrected chi connectivity index (χ2v) is 5.70. The Morgan fingerprint density at radius 2 is 2.38 bits per heavy atom. The Morgan fingerprint density at radius 3 is 2.94 bits per heavy atom. The lowest BCUT2D eigenvalue weighted by atomic mass is 10.4. The van der Waals surface area contributed by atoms with Crippen molar-refractivity contribution in [1.82, 2.24) is 10.2 Å². The molecular formula is C12H19ClN2S. The summed E-state index contributed by atoms with van der Waals surface area (Å²) in [6, 6.07) is 2.92. The number of halogens is 1. The van der Waals surface area contributed by atoms with E-state index in [0.717, 1.165) is 24.2 Å². The number of hydrogen-bond acceptors (Lipinski definition) is 3. The molecule has 0 atom stereocenters. The van der Waals surface area contributed by atoms with Gasteiger partial charge in [-0.1, -0.05) is 18.5 Å². The van der Waals surface area contributed by atoms with Gasteiger partial charge in [0, 0.05) is 35.9 Å². The van der Waals surface area contributed by atoms with Gasteiger partial charge in [-0.05, 0) is 25.5 Å². The van der Waals surface area contributed by atoms with E-state index in [4.69, 9.17) is 11.6 Å². The van der Waals surface area contributed by atoms with Crippen LogP contribution in [0.25, 0.3) is 0 Å². The van der Waals surface area contributed by atoms with Gasteiger partial charge in [0.1, 0.15) is 0 Å². The van der Waals surface area contributed by atoms with Gasteiger partial charge in [0.05, 0.1) is 5.02 Å². The zero-order valence-corrected chi connectivity index (χ0v) is 11.3. The summed E-state index contributed by atoms with van der Waals surface area (Å²) in [7, 11) is 0. The van der Waals surface area contributed by atoms with E-state index in [2.05, 4.69) is 17.1 Å². The van der Waals surface area contributed by atoms with Crippen LogP contribution in [0.2, 0.25) is 5.02 Å². The van der Waals surface area contributed by atoms with Crippen LogP contribution < -0.4 is 5.32 Å². The van der Waals surface area contributed by atoms with Crippen LogP contribution in [-0.2, 0) is 6.54 Å². The normalized spacial score (nSPS) is 15.9. The summed E-state index contributed by atoms with van der Waals surface area (Å²) in [5.41, 5.74) is 0. The van der Waals surface area contributed by atoms with E-state index < -0.39 is 0 Å². The van der Waals surface area contributed by atoms with Crippen molar-refractivity contribution in [3.63, 3.8) is 0 Å². The predicted molar refractivity (Wildman–Crippen MR) is 71.3 cm³/mol. The molecule has 0 unspecified atom stereocenters. The van der Waals surface area contributed by atoms with Crippen LogP contribution in [0.4, 0.5) is 0 Å². The number of likely N-dealkylation sites (N-methyl/N-ethyl adjacent to an activating group) is 1. The highest BCUT2D eigenvalue weighted by Crippen LogP contribution is 2.25. The van der Waals surface area contributed by atoms with Gasteiger partial charge in [0.25, 0.3) is 0 Å². The van der Waals surface area contributed by atoms with E-state index in [9.17, 15) is 0 Å². The number of rotatable bonds is 7. The molecular weight excluding hydrogens is 240 g/mol. The lowest BCUT2D eigenvalue weighted by molar-refractivity contribution is 0.277. The molecule has 1 aromatic heterocycles. The average Bonchev–Trinajstić information content (AvgIpc) is 3.03. The van der Waals surface area contributed by atoms with Gasteiger partial charge in [-0.3, -0.25) is 4.90 Å². The van der Waals surface area contributed by atoms with Gasteiger partial charge in [0.15, 0.2) is 0 Å². The Kier molecular flexibility index (Phi) is 4.65. The summed E-state index contributed by atoms with van der Waals surface area (Å²) in [5.74, 6) is 0. The van der Waals surface area contributed by atoms with Crippen LogP contribution in [0, 0.1) is 0 Å². The largest absolute Gasteiger partial charge is 0.311 e. The second-order valence-electron chi connectivity index (χ2n) is 4.27. The zero-order chi connectivity index (χ0) is 11.4. The molecule has 1 fully saturated rings. The first-order valence-corrected chi connectivity index (χ1v) is 7.23. The molecule has 4 heteroatoms. The number of hydrogen-bond donors (Lipinski definition) is 1. The molecule has 0 spiro atoms. The Morgan fingerprint density at radius 1 is 1.56 bits per heavy atom. The number of nitrogens with one attached hydrogen (secondary N) is 1. The summed E-state index contributed by atoms with van der Waals surface area (Å²) in [5, 5.41) is 6.32. The topological polar surface area (TPSA) is 15.3 Å². The van der Waals surface area contributed by atoms with Crippen LogP contribution in [0.5, 0.6) is 0 Å². The molecule has 0 radical (unpaired) electrons. The SMILES string of the molecule is CCN(CCNCc1cc(Cl)cs1)C1CC1. The molecule has 0 amide bonds. The van der Waals surface area contributed by atoms with Crippen molar-refractivity contribution in [2.24, 2.45) is 0 Å². The molecule has 90 valence electrons. The second kappa shape index (κ2) is 6.01. The quantitative estimate of drug-likeness (QED) is 0.757. The number of nitrogens with zero attached hydrogens (tertiary/aromatic N) is 1. The van der Waals surface area contributed by atoms with Gasteiger partial charge < -0.3 is 5.32 Å². The standard InChI is InChI=1S/C12H19ClN2S/c1-2-15(11-3-4-11)6-5-14-8-12-7-10(13)9-16-12/h7,9,11,14H,2-6,8H2,1H3. The third-order valence-electron chi connectivity index (χ3n) is 2.97. The van der Waals surface area contributed by atoms with Crippen molar-refractivity contribution < 1.29 is 0 Å². The van der Waals surface area contributed by atoms with Crippen LogP contribution >= 0.6 is 22.9 Å². The maximum Gasteiger partial charge on any atom is 0.0516 e. The van der Waals surface area contributed by atoms with E-state index in [-0.39, 0.29) is 0 Å². The highest BCUT2D eigenvalue weighted by atomic mass is 35.5. The Labute approximate surface area is 107 Å². The fraction of sp³-hybridized carbons (Fsp3) is 0.667. The minimum atomic E-state index is 0.856. The molecule has 2 nitrogen and oxygen atoms in total. The fourth-order valence-corrected chi connectivity index (χ4v) is 2.96. The summed E-state index contributed by atoms with van der Waals surface area (Å²) in [6.45, 7) is 6.61. The molecule has 1 aliphatic carbocycles. The molecule has 0 saturated heterocycles. The van der Waals surface area contributed by atoms with Gasteiger partial charge in [-0.2, -0.15) is 0 Å². The smallest absolute Gasteiger partial charge is 0.0516 e. The molecule has 0 bridgehead atoms. The molecule has 0 aromatic carbocycles. The van der Waals surface area contributed by atoms with Gasteiger partial charge in [-0.25, -0.2) is 0 Å². The Hall–Kier alpha value is -0.0900. The van der Waals surface area contributed by atoms with E-state index >= 15 is 0 Å². The molecule has 1 aliphatic rings. The lowest BCUT2D eigenvalue weighted by Crippen LogP contribution is -2.33. The van der Waals surface area contributed by atoms with E-state index in [0.29, 0.717) is 0 Å². The third kappa shape index (κ3) is 3.74. The highest BCUT2D eigenvalue weighted by Gasteiger charge is 2.26. The Balaban J connectivity index is 1.60. The van der Waals surface area contributed by atoms with Crippen molar-refractivity contribution in [1.29, 1.82) is 0 Å². The fourth-order valence-electron chi connectivity index (χ4n) is 1.92. The zero-order valence-electron chi connectivity index (χ0n) is 9.71. The van der Waals surface area contributed by atoms with Crippen LogP contribution in [-0.4, -0.2) is 30.6 Å². The minimum absolute atomic E-state index is 0.856. The highest BCUT2D eigenvalue weighted by molar-refractivity contribution is 7.10. The van der Waals surface area contributed by atoms with Gasteiger partial charge in [0.2, 0.25) is 0 Å².